The third-order valence-corrected chi connectivity index (χ3v) is 2.97. The fourth-order valence-corrected chi connectivity index (χ4v) is 2.12. The van der Waals surface area contributed by atoms with E-state index in [0.29, 0.717) is 12.1 Å². The van der Waals surface area contributed by atoms with E-state index < -0.39 is 17.7 Å². The van der Waals surface area contributed by atoms with Crippen molar-refractivity contribution in [1.29, 1.82) is 0 Å². The first-order chi connectivity index (χ1) is 9.06. The summed E-state index contributed by atoms with van der Waals surface area (Å²) in [5.41, 5.74) is 4.41. The van der Waals surface area contributed by atoms with Gasteiger partial charge in [0.2, 0.25) is 0 Å². The van der Waals surface area contributed by atoms with Gasteiger partial charge in [-0.05, 0) is 26.0 Å². The molecule has 0 aliphatic heterocycles. The van der Waals surface area contributed by atoms with E-state index in [9.17, 15) is 8.78 Å². The fourth-order valence-electron chi connectivity index (χ4n) is 2.12. The molecule has 4 nitrogen and oxygen atoms in total. The van der Waals surface area contributed by atoms with E-state index >= 15 is 0 Å². The maximum atomic E-state index is 13.9. The molecule has 0 bridgehead atoms. The number of nitrogens with one attached hydrogen (secondary N) is 1. The van der Waals surface area contributed by atoms with Crippen molar-refractivity contribution in [2.45, 2.75) is 26.4 Å². The second-order valence-corrected chi connectivity index (χ2v) is 4.29. The number of nitrogens with zero attached hydrogens (tertiary/aromatic N) is 2. The Morgan fingerprint density at radius 1 is 1.37 bits per heavy atom. The molecule has 2 rings (SSSR count). The average Bonchev–Trinajstić information content (AvgIpc) is 2.74. The van der Waals surface area contributed by atoms with Gasteiger partial charge in [-0.1, -0.05) is 6.07 Å². The Morgan fingerprint density at radius 2 is 2.11 bits per heavy atom. The van der Waals surface area contributed by atoms with Crippen molar-refractivity contribution < 1.29 is 8.78 Å². The van der Waals surface area contributed by atoms with Crippen molar-refractivity contribution in [1.82, 2.24) is 15.2 Å². The number of halogens is 2. The highest BCUT2D eigenvalue weighted by molar-refractivity contribution is 5.30. The number of hydrogen-bond acceptors (Lipinski definition) is 3. The van der Waals surface area contributed by atoms with Crippen LogP contribution in [-0.2, 0) is 6.54 Å². The van der Waals surface area contributed by atoms with Crippen molar-refractivity contribution in [3.05, 3.63) is 52.9 Å². The Balaban J connectivity index is 2.49. The molecule has 1 aromatic heterocycles. The number of nitrogens with two attached hydrogens (primary N) is 1. The van der Waals surface area contributed by atoms with E-state index in [-0.39, 0.29) is 0 Å². The van der Waals surface area contributed by atoms with E-state index in [2.05, 4.69) is 10.5 Å². The molecule has 0 spiro atoms. The van der Waals surface area contributed by atoms with Crippen LogP contribution in [0.25, 0.3) is 0 Å². The normalized spacial score (nSPS) is 12.7. The molecule has 0 radical (unpaired) electrons. The molecule has 1 aromatic carbocycles. The van der Waals surface area contributed by atoms with Gasteiger partial charge in [0.25, 0.3) is 0 Å². The number of aromatic nitrogens is 2. The highest BCUT2D eigenvalue weighted by atomic mass is 19.1. The van der Waals surface area contributed by atoms with Crippen LogP contribution in [-0.4, -0.2) is 9.78 Å². The van der Waals surface area contributed by atoms with Crippen molar-refractivity contribution in [2.24, 2.45) is 5.84 Å². The molecule has 0 saturated carbocycles. The molecule has 6 heteroatoms. The first-order valence-electron chi connectivity index (χ1n) is 6.02. The molecule has 0 saturated heterocycles. The van der Waals surface area contributed by atoms with Crippen LogP contribution in [0.3, 0.4) is 0 Å². The number of hydrazine groups is 1. The van der Waals surface area contributed by atoms with Gasteiger partial charge in [0.15, 0.2) is 0 Å². The van der Waals surface area contributed by atoms with Crippen LogP contribution >= 0.6 is 0 Å². The Hall–Kier alpha value is -1.79. The summed E-state index contributed by atoms with van der Waals surface area (Å²) in [4.78, 5) is 0. The van der Waals surface area contributed by atoms with Crippen molar-refractivity contribution >= 4 is 0 Å². The second-order valence-electron chi connectivity index (χ2n) is 4.29. The SMILES string of the molecule is CCn1nc(C)cc1C(NN)c1ccc(F)cc1F. The number of aryl methyl sites for hydroxylation is 2. The summed E-state index contributed by atoms with van der Waals surface area (Å²) < 4.78 is 28.5. The number of hydrogen-bond donors (Lipinski definition) is 2. The molecule has 0 aliphatic rings. The van der Waals surface area contributed by atoms with Crippen molar-refractivity contribution in [3.63, 3.8) is 0 Å². The molecule has 1 heterocycles. The van der Waals surface area contributed by atoms with Gasteiger partial charge in [0, 0.05) is 18.2 Å². The molecule has 0 fully saturated rings. The molecule has 102 valence electrons. The summed E-state index contributed by atoms with van der Waals surface area (Å²) in [5, 5.41) is 4.30. The predicted molar refractivity (Wildman–Crippen MR) is 68.2 cm³/mol. The summed E-state index contributed by atoms with van der Waals surface area (Å²) in [6.45, 7) is 4.43. The molecule has 19 heavy (non-hydrogen) atoms. The Morgan fingerprint density at radius 3 is 2.68 bits per heavy atom. The molecular weight excluding hydrogens is 250 g/mol. The fraction of sp³-hybridized carbons (Fsp3) is 0.308. The molecule has 3 N–H and O–H groups in total. The second kappa shape index (κ2) is 5.46. The largest absolute Gasteiger partial charge is 0.271 e. The smallest absolute Gasteiger partial charge is 0.131 e. The molecule has 0 amide bonds. The third-order valence-electron chi connectivity index (χ3n) is 2.97. The lowest BCUT2D eigenvalue weighted by atomic mass is 10.0. The zero-order valence-corrected chi connectivity index (χ0v) is 10.8. The van der Waals surface area contributed by atoms with Gasteiger partial charge in [0.1, 0.15) is 11.6 Å². The average molecular weight is 266 g/mol. The van der Waals surface area contributed by atoms with Crippen LogP contribution in [0.5, 0.6) is 0 Å². The lowest BCUT2D eigenvalue weighted by Gasteiger charge is -2.18. The van der Waals surface area contributed by atoms with Crippen LogP contribution in [0.15, 0.2) is 24.3 Å². The zero-order chi connectivity index (χ0) is 14.0. The summed E-state index contributed by atoms with van der Waals surface area (Å²) in [6.07, 6.45) is 0. The molecular formula is C13H16F2N4. The van der Waals surface area contributed by atoms with Crippen LogP contribution < -0.4 is 11.3 Å². The minimum atomic E-state index is -0.635. The van der Waals surface area contributed by atoms with E-state index in [1.165, 1.54) is 12.1 Å². The van der Waals surface area contributed by atoms with Gasteiger partial charge in [-0.3, -0.25) is 10.5 Å². The lowest BCUT2D eigenvalue weighted by molar-refractivity contribution is 0.508. The van der Waals surface area contributed by atoms with Crippen molar-refractivity contribution in [3.8, 4) is 0 Å². The van der Waals surface area contributed by atoms with Gasteiger partial charge in [-0.15, -0.1) is 0 Å². The highest BCUT2D eigenvalue weighted by Crippen LogP contribution is 2.25. The summed E-state index contributed by atoms with van der Waals surface area (Å²) >= 11 is 0. The standard InChI is InChI=1S/C13H16F2N4/c1-3-19-12(6-8(2)18-19)13(17-16)10-5-4-9(14)7-11(10)15/h4-7,13,17H,3,16H2,1-2H3. The monoisotopic (exact) mass is 266 g/mol. The minimum Gasteiger partial charge on any atom is -0.271 e. The summed E-state index contributed by atoms with van der Waals surface area (Å²) in [6, 6.07) is 4.71. The van der Waals surface area contributed by atoms with Gasteiger partial charge < -0.3 is 0 Å². The Bertz CT molecular complexity index is 580. The third kappa shape index (κ3) is 2.64. The molecule has 1 unspecified atom stereocenters. The van der Waals surface area contributed by atoms with Crippen molar-refractivity contribution in [2.75, 3.05) is 0 Å². The first kappa shape index (κ1) is 13.6. The molecule has 2 aromatic rings. The summed E-state index contributed by atoms with van der Waals surface area (Å²) in [7, 11) is 0. The summed E-state index contributed by atoms with van der Waals surface area (Å²) in [5.74, 6) is 4.28. The molecule has 0 aliphatic carbocycles. The highest BCUT2D eigenvalue weighted by Gasteiger charge is 2.21. The van der Waals surface area contributed by atoms with Crippen LogP contribution in [0, 0.1) is 18.6 Å². The minimum absolute atomic E-state index is 0.290. The number of benzene rings is 1. The van der Waals surface area contributed by atoms with E-state index in [1.807, 2.05) is 19.9 Å². The van der Waals surface area contributed by atoms with Crippen LogP contribution in [0.2, 0.25) is 0 Å². The van der Waals surface area contributed by atoms with E-state index in [0.717, 1.165) is 17.5 Å². The van der Waals surface area contributed by atoms with E-state index in [4.69, 9.17) is 5.84 Å². The first-order valence-corrected chi connectivity index (χ1v) is 6.02. The van der Waals surface area contributed by atoms with Gasteiger partial charge in [-0.25, -0.2) is 14.2 Å². The van der Waals surface area contributed by atoms with Gasteiger partial charge in [0.05, 0.1) is 17.4 Å². The van der Waals surface area contributed by atoms with Gasteiger partial charge >= 0.3 is 0 Å². The Kier molecular flexibility index (Phi) is 3.92. The maximum Gasteiger partial charge on any atom is 0.131 e. The van der Waals surface area contributed by atoms with Crippen LogP contribution in [0.4, 0.5) is 8.78 Å². The maximum absolute atomic E-state index is 13.9. The quantitative estimate of drug-likeness (QED) is 0.657. The lowest BCUT2D eigenvalue weighted by Crippen LogP contribution is -2.31. The van der Waals surface area contributed by atoms with E-state index in [1.54, 1.807) is 4.68 Å². The van der Waals surface area contributed by atoms with Gasteiger partial charge in [-0.2, -0.15) is 5.10 Å². The number of rotatable bonds is 4. The Labute approximate surface area is 110 Å². The predicted octanol–water partition coefficient (Wildman–Crippen LogP) is 2.04. The molecule has 1 atom stereocenters. The topological polar surface area (TPSA) is 55.9 Å². The van der Waals surface area contributed by atoms with Crippen LogP contribution in [0.1, 0.15) is 29.9 Å². The zero-order valence-electron chi connectivity index (χ0n) is 10.8.